The summed E-state index contributed by atoms with van der Waals surface area (Å²) in [5.74, 6) is 1.26. The highest BCUT2D eigenvalue weighted by Gasteiger charge is 2.20. The zero-order valence-corrected chi connectivity index (χ0v) is 23.6. The van der Waals surface area contributed by atoms with E-state index < -0.39 is 0 Å². The molecule has 5 heteroatoms. The lowest BCUT2D eigenvalue weighted by Gasteiger charge is -2.08. The summed E-state index contributed by atoms with van der Waals surface area (Å²) >= 11 is 0. The molecule has 3 heterocycles. The molecule has 3 aromatic heterocycles. The highest BCUT2D eigenvalue weighted by atomic mass is 16.3. The number of para-hydroxylation sites is 2. The van der Waals surface area contributed by atoms with Gasteiger partial charge in [0, 0.05) is 33.0 Å². The van der Waals surface area contributed by atoms with Gasteiger partial charge in [0.05, 0.1) is 16.4 Å². The Hall–Kier alpha value is -6.07. The van der Waals surface area contributed by atoms with Crippen molar-refractivity contribution in [2.24, 2.45) is 0 Å². The maximum Gasteiger partial charge on any atom is 0.163 e. The van der Waals surface area contributed by atoms with Crippen LogP contribution in [0.3, 0.4) is 0 Å². The molecule has 0 saturated carbocycles. The van der Waals surface area contributed by atoms with E-state index in [-0.39, 0.29) is 0 Å². The molecule has 0 fully saturated rings. The minimum atomic E-state index is 0.624. The summed E-state index contributed by atoms with van der Waals surface area (Å²) in [4.78, 5) is 14.1. The molecule has 0 aliphatic carbocycles. The van der Waals surface area contributed by atoms with Gasteiger partial charge in [0.1, 0.15) is 17.5 Å². The molecule has 206 valence electrons. The highest BCUT2D eigenvalue weighted by Crippen LogP contribution is 2.41. The first kappa shape index (κ1) is 24.5. The van der Waals surface area contributed by atoms with Gasteiger partial charge >= 0.3 is 0 Å². The Morgan fingerprint density at radius 3 is 2.00 bits per heavy atom. The van der Waals surface area contributed by atoms with Crippen LogP contribution in [0.15, 0.2) is 150 Å². The molecule has 9 rings (SSSR count). The smallest absolute Gasteiger partial charge is 0.163 e. The van der Waals surface area contributed by atoms with Crippen LogP contribution >= 0.6 is 0 Å². The van der Waals surface area contributed by atoms with Crippen molar-refractivity contribution in [3.63, 3.8) is 0 Å². The van der Waals surface area contributed by atoms with Crippen molar-refractivity contribution in [1.29, 1.82) is 0 Å². The van der Waals surface area contributed by atoms with Crippen LogP contribution in [0.1, 0.15) is 0 Å². The fourth-order valence-corrected chi connectivity index (χ4v) is 6.32. The molecule has 0 aliphatic rings. The topological polar surface area (TPSA) is 56.7 Å². The molecular formula is C39H24N4O. The van der Waals surface area contributed by atoms with Gasteiger partial charge in [-0.3, -0.25) is 0 Å². The van der Waals surface area contributed by atoms with E-state index in [4.69, 9.17) is 9.40 Å². The molecule has 44 heavy (non-hydrogen) atoms. The monoisotopic (exact) mass is 564 g/mol. The van der Waals surface area contributed by atoms with Crippen molar-refractivity contribution in [2.75, 3.05) is 0 Å². The number of hydrogen-bond donors (Lipinski definition) is 0. The molecule has 9 aromatic rings. The third kappa shape index (κ3) is 3.83. The quantitative estimate of drug-likeness (QED) is 0.213. The van der Waals surface area contributed by atoms with Crippen molar-refractivity contribution in [2.45, 2.75) is 0 Å². The van der Waals surface area contributed by atoms with Gasteiger partial charge in [-0.1, -0.05) is 84.9 Å². The Balaban J connectivity index is 1.25. The second-order valence-corrected chi connectivity index (χ2v) is 10.9. The van der Waals surface area contributed by atoms with Gasteiger partial charge in [0.15, 0.2) is 11.6 Å². The molecule has 0 atom stereocenters. The third-order valence-corrected chi connectivity index (χ3v) is 8.34. The first-order valence-corrected chi connectivity index (χ1v) is 14.6. The Morgan fingerprint density at radius 2 is 1.16 bits per heavy atom. The van der Waals surface area contributed by atoms with E-state index in [0.717, 1.165) is 71.7 Å². The summed E-state index contributed by atoms with van der Waals surface area (Å²) in [5, 5.41) is 4.37. The Labute approximate surface area is 252 Å². The normalized spacial score (nSPS) is 11.6. The molecule has 0 N–H and O–H groups in total. The van der Waals surface area contributed by atoms with Gasteiger partial charge in [-0.15, -0.1) is 0 Å². The van der Waals surface area contributed by atoms with Gasteiger partial charge in [0.25, 0.3) is 0 Å². The summed E-state index contributed by atoms with van der Waals surface area (Å²) < 4.78 is 8.84. The fraction of sp³-hybridized carbons (Fsp3) is 0. The van der Waals surface area contributed by atoms with E-state index in [1.807, 2.05) is 48.5 Å². The number of benzene rings is 6. The molecule has 0 aliphatic heterocycles. The molecule has 0 saturated heterocycles. The highest BCUT2D eigenvalue weighted by molar-refractivity contribution is 6.24. The van der Waals surface area contributed by atoms with E-state index in [9.17, 15) is 0 Å². The number of nitrogens with zero attached hydrogens (tertiary/aromatic N) is 4. The lowest BCUT2D eigenvalue weighted by Crippen LogP contribution is -1.96. The summed E-state index contributed by atoms with van der Waals surface area (Å²) in [6, 6.07) is 48.1. The summed E-state index contributed by atoms with van der Waals surface area (Å²) in [6.45, 7) is 0. The van der Waals surface area contributed by atoms with Crippen LogP contribution in [0.25, 0.3) is 83.3 Å². The Morgan fingerprint density at radius 1 is 0.477 bits per heavy atom. The molecular weight excluding hydrogens is 540 g/mol. The first-order valence-electron chi connectivity index (χ1n) is 14.6. The second kappa shape index (κ2) is 9.75. The van der Waals surface area contributed by atoms with E-state index in [2.05, 4.69) is 106 Å². The van der Waals surface area contributed by atoms with E-state index >= 15 is 0 Å². The van der Waals surface area contributed by atoms with E-state index in [0.29, 0.717) is 11.6 Å². The van der Waals surface area contributed by atoms with E-state index in [1.54, 1.807) is 6.33 Å². The average Bonchev–Trinajstić information content (AvgIpc) is 3.64. The summed E-state index contributed by atoms with van der Waals surface area (Å²) in [7, 11) is 0. The number of furan rings is 1. The summed E-state index contributed by atoms with van der Waals surface area (Å²) in [5.41, 5.74) is 9.17. The molecule has 0 unspecified atom stereocenters. The average molecular weight is 565 g/mol. The first-order chi connectivity index (χ1) is 21.8. The number of hydrogen-bond acceptors (Lipinski definition) is 4. The van der Waals surface area contributed by atoms with Crippen LogP contribution in [0.5, 0.6) is 0 Å². The minimum absolute atomic E-state index is 0.624. The van der Waals surface area contributed by atoms with Gasteiger partial charge in [-0.05, 0) is 65.7 Å². The van der Waals surface area contributed by atoms with Gasteiger partial charge < -0.3 is 8.98 Å². The van der Waals surface area contributed by atoms with Gasteiger partial charge in [-0.2, -0.15) is 0 Å². The van der Waals surface area contributed by atoms with Crippen LogP contribution < -0.4 is 0 Å². The lowest BCUT2D eigenvalue weighted by atomic mass is 10.0. The summed E-state index contributed by atoms with van der Waals surface area (Å²) in [6.07, 6.45) is 1.60. The predicted octanol–water partition coefficient (Wildman–Crippen LogP) is 9.87. The van der Waals surface area contributed by atoms with Crippen molar-refractivity contribution in [3.8, 4) is 39.6 Å². The molecule has 5 nitrogen and oxygen atoms in total. The van der Waals surface area contributed by atoms with Crippen LogP contribution in [-0.4, -0.2) is 19.5 Å². The standard InChI is InChI=1S/C39H24N4O/c1-3-10-25(11-4-1)26-12-9-13-27(22-26)38-40-24-41-39(42-38)28-18-20-33-32(23-28)36-34(43(33)29-14-5-2-6-15-29)21-19-31-30-16-7-8-17-35(30)44-37(31)36/h1-24H. The molecule has 0 radical (unpaired) electrons. The van der Waals surface area contributed by atoms with Crippen molar-refractivity contribution in [3.05, 3.63) is 146 Å². The Kier molecular flexibility index (Phi) is 5.43. The maximum absolute atomic E-state index is 6.54. The van der Waals surface area contributed by atoms with Crippen LogP contribution in [0, 0.1) is 0 Å². The predicted molar refractivity (Wildman–Crippen MR) is 178 cm³/mol. The van der Waals surface area contributed by atoms with Gasteiger partial charge in [0.2, 0.25) is 0 Å². The van der Waals surface area contributed by atoms with Crippen molar-refractivity contribution < 1.29 is 4.42 Å². The molecule has 0 spiro atoms. The fourth-order valence-electron chi connectivity index (χ4n) is 6.32. The van der Waals surface area contributed by atoms with Crippen LogP contribution in [0.4, 0.5) is 0 Å². The van der Waals surface area contributed by atoms with Crippen molar-refractivity contribution in [1.82, 2.24) is 19.5 Å². The zero-order valence-electron chi connectivity index (χ0n) is 23.6. The van der Waals surface area contributed by atoms with Crippen molar-refractivity contribution >= 4 is 43.7 Å². The number of fused-ring (bicyclic) bond motifs is 7. The van der Waals surface area contributed by atoms with E-state index in [1.165, 1.54) is 0 Å². The molecule has 0 amide bonds. The maximum atomic E-state index is 6.54. The Bertz CT molecular complexity index is 2490. The minimum Gasteiger partial charge on any atom is -0.455 e. The van der Waals surface area contributed by atoms with Crippen LogP contribution in [0.2, 0.25) is 0 Å². The molecule has 6 aromatic carbocycles. The number of aromatic nitrogens is 4. The second-order valence-electron chi connectivity index (χ2n) is 10.9. The van der Waals surface area contributed by atoms with Crippen LogP contribution in [-0.2, 0) is 0 Å². The SMILES string of the molecule is c1ccc(-c2cccc(-c3ncnc(-c4ccc5c(c4)c4c6oc7ccccc7c6ccc4n5-c4ccccc4)n3)c2)cc1. The largest absolute Gasteiger partial charge is 0.455 e. The number of rotatable bonds is 4. The lowest BCUT2D eigenvalue weighted by molar-refractivity contribution is 0.673. The zero-order chi connectivity index (χ0) is 29.0. The van der Waals surface area contributed by atoms with Gasteiger partial charge in [-0.25, -0.2) is 15.0 Å². The molecule has 0 bridgehead atoms. The third-order valence-electron chi connectivity index (χ3n) is 8.34.